The van der Waals surface area contributed by atoms with Crippen molar-refractivity contribution in [3.05, 3.63) is 29.1 Å². The summed E-state index contributed by atoms with van der Waals surface area (Å²) in [5, 5.41) is 0. The van der Waals surface area contributed by atoms with E-state index in [1.54, 1.807) is 0 Å². The molecule has 1 aromatic heterocycles. The van der Waals surface area contributed by atoms with Crippen molar-refractivity contribution in [3.63, 3.8) is 0 Å². The molecule has 1 heterocycles. The number of nitrogens with one attached hydrogen (secondary N) is 1. The summed E-state index contributed by atoms with van der Waals surface area (Å²) in [5.41, 5.74) is 3.78. The first kappa shape index (κ1) is 13.4. The smallest absolute Gasteiger partial charge is 0.510 e. The molecule has 0 spiro atoms. The molecule has 0 amide bonds. The Morgan fingerprint density at radius 2 is 1.21 bits per heavy atom. The first-order chi connectivity index (χ1) is 6.18. The Morgan fingerprint density at radius 1 is 0.929 bits per heavy atom. The van der Waals surface area contributed by atoms with Crippen LogP contribution in [-0.4, -0.2) is 14.9 Å². The fourth-order valence-corrected chi connectivity index (χ4v) is 1.11. The number of rotatable bonds is 0. The fourth-order valence-electron chi connectivity index (χ4n) is 1.11. The Kier molecular flexibility index (Phi) is 5.10. The monoisotopic (exact) mass is 225 g/mol. The molecule has 80 valence electrons. The maximum atomic E-state index is 9.85. The molecule has 14 heavy (non-hydrogen) atoms. The van der Waals surface area contributed by atoms with E-state index in [4.69, 9.17) is 0 Å². The topological polar surface area (TPSA) is 14.1 Å². The minimum Gasteiger partial charge on any atom is -0.510 e. The van der Waals surface area contributed by atoms with Gasteiger partial charge in [0.2, 0.25) is 0 Å². The standard InChI is InChI=1S/C8H11N.Al.4FH/c1-6-4-7(2)9-8(3)5-6;;;;;/h4-5H,1-3H3;;4*1H/q;+3;;;;/p-3. The van der Waals surface area contributed by atoms with E-state index in [0.29, 0.717) is 0 Å². The van der Waals surface area contributed by atoms with Gasteiger partial charge in [-0.1, -0.05) is 0 Å². The van der Waals surface area contributed by atoms with Crippen LogP contribution in [0.5, 0.6) is 0 Å². The van der Waals surface area contributed by atoms with Gasteiger partial charge in [-0.3, -0.25) is 0 Å². The van der Waals surface area contributed by atoms with Crippen LogP contribution in [0.1, 0.15) is 17.0 Å². The molecule has 0 aliphatic rings. The highest BCUT2D eigenvalue weighted by Gasteiger charge is 2.41. The molecule has 0 fully saturated rings. The van der Waals surface area contributed by atoms with Crippen LogP contribution in [0.25, 0.3) is 0 Å². The van der Waals surface area contributed by atoms with Gasteiger partial charge in [-0.15, -0.1) is 0 Å². The Bertz CT molecular complexity index is 241. The number of hydrogen-bond acceptors (Lipinski definition) is 0. The van der Waals surface area contributed by atoms with E-state index in [1.807, 2.05) is 0 Å². The van der Waals surface area contributed by atoms with Crippen molar-refractivity contribution in [2.24, 2.45) is 0 Å². The molecule has 1 aromatic rings. The Balaban J connectivity index is 0.000000292. The maximum Gasteiger partial charge on any atom is 1.04 e. The number of halogens is 4. The quantitative estimate of drug-likeness (QED) is 0.476. The summed E-state index contributed by atoms with van der Waals surface area (Å²) in [7, 11) is 0. The van der Waals surface area contributed by atoms with E-state index in [0.717, 1.165) is 0 Å². The zero-order valence-electron chi connectivity index (χ0n) is 8.24. The molecular weight excluding hydrogens is 213 g/mol. The first-order valence-corrected chi connectivity index (χ1v) is 5.77. The second-order valence-electron chi connectivity index (χ2n) is 3.02. The lowest BCUT2D eigenvalue weighted by atomic mass is 10.2. The Labute approximate surface area is 84.4 Å². The molecule has 0 atom stereocenters. The number of H-pyrrole nitrogens is 1. The summed E-state index contributed by atoms with van der Waals surface area (Å²) < 4.78 is 39.4. The minimum atomic E-state index is -6.83. The van der Waals surface area contributed by atoms with Gasteiger partial charge in [0, 0.05) is 26.0 Å². The van der Waals surface area contributed by atoms with Crippen molar-refractivity contribution in [2.75, 3.05) is 0 Å². The largest absolute Gasteiger partial charge is 1.04 e. The highest BCUT2D eigenvalue weighted by Crippen LogP contribution is 2.06. The summed E-state index contributed by atoms with van der Waals surface area (Å²) in [5.74, 6) is 0. The van der Waals surface area contributed by atoms with Crippen LogP contribution >= 0.6 is 0 Å². The third-order valence-corrected chi connectivity index (χ3v) is 1.28. The first-order valence-electron chi connectivity index (χ1n) is 4.03. The van der Waals surface area contributed by atoms with E-state index in [1.165, 1.54) is 17.0 Å². The average molecular weight is 225 g/mol. The second-order valence-corrected chi connectivity index (χ2v) is 4.01. The van der Waals surface area contributed by atoms with E-state index >= 15 is 0 Å². The number of aryl methyl sites for hydroxylation is 3. The minimum absolute atomic E-state index is 1.23. The molecule has 1 rings (SSSR count). The zero-order chi connectivity index (χ0) is 11.4. The summed E-state index contributed by atoms with van der Waals surface area (Å²) in [6.45, 7) is 6.24. The van der Waals surface area contributed by atoms with Crippen molar-refractivity contribution in [1.82, 2.24) is 0 Å². The molecule has 0 saturated carbocycles. The fraction of sp³-hybridized carbons (Fsp3) is 0.375. The summed E-state index contributed by atoms with van der Waals surface area (Å²) in [6.07, 6.45) is 0. The van der Waals surface area contributed by atoms with Gasteiger partial charge in [-0.25, -0.2) is 4.98 Å². The molecule has 0 bridgehead atoms. The van der Waals surface area contributed by atoms with Crippen molar-refractivity contribution in [3.8, 4) is 0 Å². The third-order valence-electron chi connectivity index (χ3n) is 1.28. The van der Waals surface area contributed by atoms with Crippen molar-refractivity contribution >= 4 is 14.9 Å². The predicted molar refractivity (Wildman–Crippen MR) is 47.4 cm³/mol. The molecule has 6 heteroatoms. The van der Waals surface area contributed by atoms with Gasteiger partial charge < -0.3 is 14.1 Å². The van der Waals surface area contributed by atoms with E-state index in [9.17, 15) is 14.1 Å². The van der Waals surface area contributed by atoms with Gasteiger partial charge in [0.1, 0.15) is 0 Å². The van der Waals surface area contributed by atoms with Gasteiger partial charge in [0.05, 0.1) is 0 Å². The van der Waals surface area contributed by atoms with Crippen LogP contribution in [0.15, 0.2) is 12.1 Å². The molecule has 0 unspecified atom stereocenters. The molecule has 0 saturated heterocycles. The third kappa shape index (κ3) is 9.49. The number of pyridine rings is 1. The molecule has 0 aliphatic carbocycles. The maximum absolute atomic E-state index is 9.85. The lowest BCUT2D eigenvalue weighted by Gasteiger charge is -1.89. The van der Waals surface area contributed by atoms with E-state index in [2.05, 4.69) is 37.9 Å². The lowest BCUT2D eigenvalue weighted by molar-refractivity contribution is -0.396. The number of aromatic nitrogens is 1. The van der Waals surface area contributed by atoms with Crippen LogP contribution in [0, 0.1) is 20.8 Å². The molecule has 1 N–H and O–H groups in total. The summed E-state index contributed by atoms with van der Waals surface area (Å²) in [6, 6.07) is 4.26. The molecule has 0 aromatic carbocycles. The van der Waals surface area contributed by atoms with Gasteiger partial charge in [0.15, 0.2) is 11.4 Å². The van der Waals surface area contributed by atoms with Gasteiger partial charge in [-0.05, 0) is 12.5 Å². The Morgan fingerprint density at radius 3 is 1.43 bits per heavy atom. The zero-order valence-corrected chi connectivity index (χ0v) is 9.40. The number of aromatic amines is 1. The highest BCUT2D eigenvalue weighted by atomic mass is 27.5. The van der Waals surface area contributed by atoms with E-state index < -0.39 is 14.9 Å². The van der Waals surface area contributed by atoms with Crippen LogP contribution in [0.2, 0.25) is 0 Å². The molecule has 0 aliphatic heterocycles. The number of hydrogen-bond donors (Lipinski definition) is 0. The van der Waals surface area contributed by atoms with Crippen molar-refractivity contribution < 1.29 is 19.1 Å². The van der Waals surface area contributed by atoms with Gasteiger partial charge >= 0.3 is 14.9 Å². The second kappa shape index (κ2) is 5.32. The van der Waals surface area contributed by atoms with Crippen molar-refractivity contribution in [1.29, 1.82) is 0 Å². The average Bonchev–Trinajstić information content (AvgIpc) is 1.77. The van der Waals surface area contributed by atoms with Crippen LogP contribution < -0.4 is 4.98 Å². The highest BCUT2D eigenvalue weighted by molar-refractivity contribution is 6.50. The summed E-state index contributed by atoms with van der Waals surface area (Å²) in [4.78, 5) is 3.21. The predicted octanol–water partition coefficient (Wildman–Crippen LogP) is 2.73. The summed E-state index contributed by atoms with van der Waals surface area (Å²) >= 11 is -6.83. The van der Waals surface area contributed by atoms with Crippen LogP contribution in [0.4, 0.5) is 14.1 Å². The SMILES string of the molecule is Cc1cc(C)[nH+]c(C)c1.[F][Al-]([F])([F])[F]. The molecule has 0 radical (unpaired) electrons. The normalized spacial score (nSPS) is 10.5. The van der Waals surface area contributed by atoms with Crippen LogP contribution in [-0.2, 0) is 0 Å². The van der Waals surface area contributed by atoms with Crippen LogP contribution in [0.3, 0.4) is 0 Å². The molecule has 1 nitrogen and oxygen atoms in total. The van der Waals surface area contributed by atoms with Gasteiger partial charge in [-0.2, -0.15) is 0 Å². The van der Waals surface area contributed by atoms with Crippen molar-refractivity contribution in [2.45, 2.75) is 20.8 Å². The molecular formula is C8H12AlF4N. The van der Waals surface area contributed by atoms with E-state index in [-0.39, 0.29) is 0 Å². The Hall–Kier alpha value is -0.598. The lowest BCUT2D eigenvalue weighted by Crippen LogP contribution is -2.11. The van der Waals surface area contributed by atoms with Gasteiger partial charge in [0.25, 0.3) is 0 Å².